The second-order valence-corrected chi connectivity index (χ2v) is 9.18. The van der Waals surface area contributed by atoms with Crippen LogP contribution < -0.4 is 0 Å². The minimum Gasteiger partial charge on any atom is -0.334 e. The van der Waals surface area contributed by atoms with Gasteiger partial charge in [-0.1, -0.05) is 38.1 Å². The molecule has 1 aromatic carbocycles. The van der Waals surface area contributed by atoms with Crippen LogP contribution in [0, 0.1) is 0 Å². The average molecular weight is 535 g/mol. The maximum absolute atomic E-state index is 13.9. The summed E-state index contributed by atoms with van der Waals surface area (Å²) in [7, 11) is 3.28. The minimum absolute atomic E-state index is 0.0591. The molecule has 0 bridgehead atoms. The van der Waals surface area contributed by atoms with E-state index in [9.17, 15) is 18.0 Å². The molecule has 4 rings (SSSR count). The van der Waals surface area contributed by atoms with Gasteiger partial charge in [0.2, 0.25) is 0 Å². The van der Waals surface area contributed by atoms with Gasteiger partial charge < -0.3 is 4.90 Å². The van der Waals surface area contributed by atoms with Crippen LogP contribution in [0.4, 0.5) is 13.2 Å². The first kappa shape index (κ1) is 23.9. The highest BCUT2D eigenvalue weighted by Gasteiger charge is 2.36. The molecule has 0 radical (unpaired) electrons. The molecule has 3 heterocycles. The summed E-state index contributed by atoms with van der Waals surface area (Å²) in [6.07, 6.45) is -3.08. The van der Waals surface area contributed by atoms with Gasteiger partial charge in [-0.3, -0.25) is 9.48 Å². The Balaban J connectivity index is 1.74. The first-order valence-corrected chi connectivity index (χ1v) is 11.2. The van der Waals surface area contributed by atoms with E-state index in [1.54, 1.807) is 37.1 Å². The molecule has 0 spiro atoms. The molecule has 1 amide bonds. The molecule has 11 heteroatoms. The van der Waals surface area contributed by atoms with Gasteiger partial charge in [0.15, 0.2) is 17.0 Å². The molecule has 7 nitrogen and oxygen atoms in total. The van der Waals surface area contributed by atoms with Crippen molar-refractivity contribution in [3.05, 3.63) is 69.7 Å². The van der Waals surface area contributed by atoms with Gasteiger partial charge in [0, 0.05) is 25.7 Å². The zero-order chi connectivity index (χ0) is 24.8. The summed E-state index contributed by atoms with van der Waals surface area (Å²) in [6, 6.07) is 9.46. The molecule has 0 atom stereocenters. The van der Waals surface area contributed by atoms with Crippen LogP contribution in [0.1, 0.15) is 47.2 Å². The lowest BCUT2D eigenvalue weighted by Gasteiger charge is -2.16. The molecule has 0 aliphatic carbocycles. The van der Waals surface area contributed by atoms with Gasteiger partial charge in [0.1, 0.15) is 0 Å². The number of aromatic nitrogens is 5. The minimum atomic E-state index is -4.69. The van der Waals surface area contributed by atoms with Gasteiger partial charge in [-0.05, 0) is 33.5 Å². The SMILES string of the molecule is CC(C)c1ccc(-c2cc(C(F)(F)F)n3nc(C(=O)N(C)Cc4c(Br)cnn4C)cc3n2)cc1. The zero-order valence-corrected chi connectivity index (χ0v) is 20.5. The van der Waals surface area contributed by atoms with Crippen molar-refractivity contribution in [2.24, 2.45) is 7.05 Å². The van der Waals surface area contributed by atoms with Gasteiger partial charge in [-0.25, -0.2) is 9.50 Å². The monoisotopic (exact) mass is 534 g/mol. The van der Waals surface area contributed by atoms with Crippen LogP contribution in [-0.4, -0.2) is 42.2 Å². The van der Waals surface area contributed by atoms with E-state index in [1.165, 1.54) is 11.0 Å². The van der Waals surface area contributed by atoms with E-state index in [0.29, 0.717) is 16.0 Å². The van der Waals surface area contributed by atoms with Gasteiger partial charge in [-0.2, -0.15) is 23.4 Å². The van der Waals surface area contributed by atoms with Gasteiger partial charge >= 0.3 is 6.18 Å². The van der Waals surface area contributed by atoms with Crippen molar-refractivity contribution < 1.29 is 18.0 Å². The zero-order valence-electron chi connectivity index (χ0n) is 18.9. The number of amides is 1. The van der Waals surface area contributed by atoms with E-state index in [-0.39, 0.29) is 23.6 Å². The van der Waals surface area contributed by atoms with E-state index >= 15 is 0 Å². The van der Waals surface area contributed by atoms with Crippen molar-refractivity contribution in [2.45, 2.75) is 32.5 Å². The molecule has 0 saturated carbocycles. The third-order valence-corrected chi connectivity index (χ3v) is 6.22. The number of nitrogens with zero attached hydrogens (tertiary/aromatic N) is 6. The Morgan fingerprint density at radius 2 is 1.85 bits per heavy atom. The van der Waals surface area contributed by atoms with E-state index in [1.807, 2.05) is 26.0 Å². The number of alkyl halides is 3. The Hall–Kier alpha value is -3.21. The summed E-state index contributed by atoms with van der Waals surface area (Å²) in [5.41, 5.74) is 1.31. The van der Waals surface area contributed by atoms with E-state index in [2.05, 4.69) is 31.1 Å². The molecule has 4 aromatic rings. The smallest absolute Gasteiger partial charge is 0.334 e. The van der Waals surface area contributed by atoms with E-state index in [0.717, 1.165) is 21.8 Å². The Morgan fingerprint density at radius 1 is 1.18 bits per heavy atom. The topological polar surface area (TPSA) is 68.3 Å². The fourth-order valence-electron chi connectivity index (χ4n) is 3.57. The lowest BCUT2D eigenvalue weighted by atomic mass is 10.0. The highest BCUT2D eigenvalue weighted by molar-refractivity contribution is 9.10. The highest BCUT2D eigenvalue weighted by atomic mass is 79.9. The van der Waals surface area contributed by atoms with Crippen LogP contribution in [0.25, 0.3) is 16.9 Å². The van der Waals surface area contributed by atoms with E-state index in [4.69, 9.17) is 0 Å². The highest BCUT2D eigenvalue weighted by Crippen LogP contribution is 2.33. The lowest BCUT2D eigenvalue weighted by Crippen LogP contribution is -2.28. The Bertz CT molecular complexity index is 1340. The molecule has 0 unspecified atom stereocenters. The van der Waals surface area contributed by atoms with Crippen molar-refractivity contribution in [1.82, 2.24) is 29.3 Å². The molecule has 34 heavy (non-hydrogen) atoms. The lowest BCUT2D eigenvalue weighted by molar-refractivity contribution is -0.142. The van der Waals surface area contributed by atoms with Crippen LogP contribution in [-0.2, 0) is 19.8 Å². The fourth-order valence-corrected chi connectivity index (χ4v) is 4.05. The third kappa shape index (κ3) is 4.56. The summed E-state index contributed by atoms with van der Waals surface area (Å²) in [6.45, 7) is 4.27. The predicted octanol–water partition coefficient (Wildman–Crippen LogP) is 5.31. The molecule has 0 aliphatic heterocycles. The number of rotatable bonds is 5. The van der Waals surface area contributed by atoms with Crippen molar-refractivity contribution in [3.63, 3.8) is 0 Å². The molecule has 0 fully saturated rings. The number of aryl methyl sites for hydroxylation is 1. The number of carbonyl (C=O) groups is 1. The molecule has 178 valence electrons. The number of carbonyl (C=O) groups excluding carboxylic acids is 1. The normalized spacial score (nSPS) is 12.0. The van der Waals surface area contributed by atoms with E-state index < -0.39 is 17.8 Å². The summed E-state index contributed by atoms with van der Waals surface area (Å²) < 4.78 is 44.7. The van der Waals surface area contributed by atoms with Crippen LogP contribution in [0.3, 0.4) is 0 Å². The standard InChI is InChI=1S/C23H22BrF3N6O/c1-13(2)14-5-7-15(8-6-14)17-9-20(23(25,26)27)33-21(29-17)10-18(30-33)22(34)31(3)12-19-16(24)11-28-32(19)4/h5-11,13H,12H2,1-4H3. The van der Waals surface area contributed by atoms with Gasteiger partial charge in [0.25, 0.3) is 5.91 Å². The van der Waals surface area contributed by atoms with Crippen molar-refractivity contribution >= 4 is 27.5 Å². The molecule has 0 aliphatic rings. The second-order valence-electron chi connectivity index (χ2n) is 8.32. The number of hydrogen-bond donors (Lipinski definition) is 0. The Morgan fingerprint density at radius 3 is 2.41 bits per heavy atom. The van der Waals surface area contributed by atoms with Crippen molar-refractivity contribution in [2.75, 3.05) is 7.05 Å². The molecule has 0 N–H and O–H groups in total. The maximum atomic E-state index is 13.9. The quantitative estimate of drug-likeness (QED) is 0.348. The predicted molar refractivity (Wildman–Crippen MR) is 124 cm³/mol. The van der Waals surface area contributed by atoms with Crippen molar-refractivity contribution in [1.29, 1.82) is 0 Å². The maximum Gasteiger partial charge on any atom is 0.433 e. The number of fused-ring (bicyclic) bond motifs is 1. The molecule has 3 aromatic heterocycles. The van der Waals surface area contributed by atoms with Crippen LogP contribution in [0.15, 0.2) is 47.1 Å². The van der Waals surface area contributed by atoms with Crippen LogP contribution in [0.2, 0.25) is 0 Å². The summed E-state index contributed by atoms with van der Waals surface area (Å²) in [5, 5.41) is 8.06. The first-order valence-electron chi connectivity index (χ1n) is 10.5. The average Bonchev–Trinajstić information content (AvgIpc) is 3.35. The Labute approximate surface area is 202 Å². The van der Waals surface area contributed by atoms with Gasteiger partial charge in [-0.15, -0.1) is 0 Å². The molecule has 0 saturated heterocycles. The summed E-state index contributed by atoms with van der Waals surface area (Å²) in [5.74, 6) is -0.239. The molecular formula is C23H22BrF3N6O. The number of halogens is 4. The fraction of sp³-hybridized carbons (Fsp3) is 0.304. The first-order chi connectivity index (χ1) is 16.0. The second kappa shape index (κ2) is 8.86. The number of hydrogen-bond acceptors (Lipinski definition) is 4. The van der Waals surface area contributed by atoms with Crippen LogP contribution in [0.5, 0.6) is 0 Å². The summed E-state index contributed by atoms with van der Waals surface area (Å²) in [4.78, 5) is 18.7. The van der Waals surface area contributed by atoms with Crippen molar-refractivity contribution in [3.8, 4) is 11.3 Å². The summed E-state index contributed by atoms with van der Waals surface area (Å²) >= 11 is 3.38. The van der Waals surface area contributed by atoms with Gasteiger partial charge in [0.05, 0.1) is 28.6 Å². The largest absolute Gasteiger partial charge is 0.433 e. The third-order valence-electron chi connectivity index (χ3n) is 5.55. The number of benzene rings is 1. The Kier molecular flexibility index (Phi) is 6.24. The molecular weight excluding hydrogens is 513 g/mol. The van der Waals surface area contributed by atoms with Crippen LogP contribution >= 0.6 is 15.9 Å².